The highest BCUT2D eigenvalue weighted by atomic mass is 15.1. The van der Waals surface area contributed by atoms with Crippen molar-refractivity contribution < 1.29 is 0 Å². The molecular formula is C18H24N4. The molecule has 22 heavy (non-hydrogen) atoms. The average Bonchev–Trinajstić information content (AvgIpc) is 2.57. The van der Waals surface area contributed by atoms with Gasteiger partial charge in [-0.3, -0.25) is 0 Å². The number of anilines is 2. The topological polar surface area (TPSA) is 49.8 Å². The summed E-state index contributed by atoms with van der Waals surface area (Å²) in [6.45, 7) is 7.50. The molecule has 1 aromatic heterocycles. The van der Waals surface area contributed by atoms with Crippen molar-refractivity contribution in [3.63, 3.8) is 0 Å². The Morgan fingerprint density at radius 3 is 2.64 bits per heavy atom. The number of benzene rings is 1. The summed E-state index contributed by atoms with van der Waals surface area (Å²) in [5.74, 6) is 1.48. The van der Waals surface area contributed by atoms with Crippen LogP contribution in [0.2, 0.25) is 0 Å². The molecule has 0 saturated carbocycles. The van der Waals surface area contributed by atoms with E-state index in [4.69, 9.17) is 0 Å². The SMILES string of the molecule is C=CCNc1cc(-c2ccccc2)nc(NCCCCC)n1. The molecule has 2 N–H and O–H groups in total. The summed E-state index contributed by atoms with van der Waals surface area (Å²) in [4.78, 5) is 9.13. The number of rotatable bonds is 9. The summed E-state index contributed by atoms with van der Waals surface area (Å²) in [5, 5.41) is 6.56. The molecule has 2 rings (SSSR count). The monoisotopic (exact) mass is 296 g/mol. The van der Waals surface area contributed by atoms with Gasteiger partial charge in [0.2, 0.25) is 5.95 Å². The van der Waals surface area contributed by atoms with Gasteiger partial charge in [0.1, 0.15) is 5.82 Å². The summed E-state index contributed by atoms with van der Waals surface area (Å²) >= 11 is 0. The zero-order chi connectivity index (χ0) is 15.6. The number of hydrogen-bond acceptors (Lipinski definition) is 4. The first-order chi connectivity index (χ1) is 10.8. The van der Waals surface area contributed by atoms with Crippen LogP contribution >= 0.6 is 0 Å². The number of hydrogen-bond donors (Lipinski definition) is 2. The average molecular weight is 296 g/mol. The predicted molar refractivity (Wildman–Crippen MR) is 94.2 cm³/mol. The third kappa shape index (κ3) is 4.88. The van der Waals surface area contributed by atoms with Crippen molar-refractivity contribution in [3.8, 4) is 11.3 Å². The number of aromatic nitrogens is 2. The fraction of sp³-hybridized carbons (Fsp3) is 0.333. The minimum absolute atomic E-state index is 0.670. The van der Waals surface area contributed by atoms with E-state index >= 15 is 0 Å². The summed E-state index contributed by atoms with van der Waals surface area (Å²) in [7, 11) is 0. The van der Waals surface area contributed by atoms with Crippen molar-refractivity contribution in [1.82, 2.24) is 9.97 Å². The van der Waals surface area contributed by atoms with Crippen molar-refractivity contribution in [2.24, 2.45) is 0 Å². The summed E-state index contributed by atoms with van der Waals surface area (Å²) in [6, 6.07) is 12.1. The van der Waals surface area contributed by atoms with E-state index in [-0.39, 0.29) is 0 Å². The highest BCUT2D eigenvalue weighted by Crippen LogP contribution is 2.21. The van der Waals surface area contributed by atoms with Gasteiger partial charge in [0.05, 0.1) is 5.69 Å². The lowest BCUT2D eigenvalue weighted by molar-refractivity contribution is 0.740. The standard InChI is InChI=1S/C18H24N4/c1-3-5-9-13-20-18-21-16(15-10-7-6-8-11-15)14-17(22-18)19-12-4-2/h4,6-8,10-11,14H,2-3,5,9,12-13H2,1H3,(H2,19,20,21,22). The van der Waals surface area contributed by atoms with Crippen LogP contribution in [0.5, 0.6) is 0 Å². The largest absolute Gasteiger partial charge is 0.366 e. The Bertz CT molecular complexity index is 581. The van der Waals surface area contributed by atoms with Crippen LogP contribution in [0.3, 0.4) is 0 Å². The Balaban J connectivity index is 2.18. The van der Waals surface area contributed by atoms with Crippen molar-refractivity contribution >= 4 is 11.8 Å². The minimum Gasteiger partial charge on any atom is -0.366 e. The molecule has 4 heteroatoms. The van der Waals surface area contributed by atoms with Crippen LogP contribution < -0.4 is 10.6 Å². The van der Waals surface area contributed by atoms with Gasteiger partial charge in [-0.2, -0.15) is 4.98 Å². The van der Waals surface area contributed by atoms with E-state index in [1.165, 1.54) is 12.8 Å². The molecule has 0 amide bonds. The van der Waals surface area contributed by atoms with E-state index in [0.717, 1.165) is 30.0 Å². The third-order valence-corrected chi connectivity index (χ3v) is 3.29. The number of unbranched alkanes of at least 4 members (excludes halogenated alkanes) is 2. The molecule has 1 heterocycles. The van der Waals surface area contributed by atoms with Gasteiger partial charge < -0.3 is 10.6 Å². The lowest BCUT2D eigenvalue weighted by atomic mass is 10.1. The summed E-state index contributed by atoms with van der Waals surface area (Å²) in [5.41, 5.74) is 2.00. The Hall–Kier alpha value is -2.36. The highest BCUT2D eigenvalue weighted by Gasteiger charge is 2.06. The van der Waals surface area contributed by atoms with E-state index in [2.05, 4.69) is 46.2 Å². The van der Waals surface area contributed by atoms with E-state index in [1.807, 2.05) is 30.3 Å². The molecule has 0 bridgehead atoms. The van der Waals surface area contributed by atoms with Crippen LogP contribution in [0.25, 0.3) is 11.3 Å². The number of nitrogens with zero attached hydrogens (tertiary/aromatic N) is 2. The highest BCUT2D eigenvalue weighted by molar-refractivity contribution is 5.64. The first-order valence-corrected chi connectivity index (χ1v) is 7.86. The minimum atomic E-state index is 0.670. The van der Waals surface area contributed by atoms with Gasteiger partial charge in [0, 0.05) is 24.7 Å². The first kappa shape index (κ1) is 16.0. The molecule has 0 aliphatic rings. The molecular weight excluding hydrogens is 272 g/mol. The summed E-state index contributed by atoms with van der Waals surface area (Å²) in [6.07, 6.45) is 5.37. The van der Waals surface area contributed by atoms with E-state index in [9.17, 15) is 0 Å². The molecule has 0 spiro atoms. The van der Waals surface area contributed by atoms with Crippen molar-refractivity contribution in [2.45, 2.75) is 26.2 Å². The molecule has 4 nitrogen and oxygen atoms in total. The van der Waals surface area contributed by atoms with E-state index in [1.54, 1.807) is 0 Å². The lowest BCUT2D eigenvalue weighted by Gasteiger charge is -2.10. The fourth-order valence-electron chi connectivity index (χ4n) is 2.13. The van der Waals surface area contributed by atoms with Gasteiger partial charge in [0.15, 0.2) is 0 Å². The molecule has 0 saturated heterocycles. The zero-order valence-electron chi connectivity index (χ0n) is 13.2. The van der Waals surface area contributed by atoms with Gasteiger partial charge in [-0.25, -0.2) is 4.98 Å². The van der Waals surface area contributed by atoms with Gasteiger partial charge in [-0.1, -0.05) is 56.2 Å². The first-order valence-electron chi connectivity index (χ1n) is 7.86. The molecule has 1 aromatic carbocycles. The second kappa shape index (κ2) is 8.82. The molecule has 0 aliphatic heterocycles. The van der Waals surface area contributed by atoms with Gasteiger partial charge in [0.25, 0.3) is 0 Å². The number of nitrogens with one attached hydrogen (secondary N) is 2. The van der Waals surface area contributed by atoms with Crippen LogP contribution in [0.15, 0.2) is 49.1 Å². The zero-order valence-corrected chi connectivity index (χ0v) is 13.2. The molecule has 0 fully saturated rings. The maximum Gasteiger partial charge on any atom is 0.225 e. The summed E-state index contributed by atoms with van der Waals surface area (Å²) < 4.78 is 0. The Morgan fingerprint density at radius 1 is 1.09 bits per heavy atom. The molecule has 2 aromatic rings. The molecule has 0 radical (unpaired) electrons. The van der Waals surface area contributed by atoms with Crippen LogP contribution in [-0.2, 0) is 0 Å². The molecule has 0 atom stereocenters. The van der Waals surface area contributed by atoms with Crippen LogP contribution in [0.4, 0.5) is 11.8 Å². The fourth-order valence-corrected chi connectivity index (χ4v) is 2.13. The molecule has 0 unspecified atom stereocenters. The van der Waals surface area contributed by atoms with Gasteiger partial charge in [-0.15, -0.1) is 6.58 Å². The van der Waals surface area contributed by atoms with Crippen LogP contribution in [0, 0.1) is 0 Å². The molecule has 116 valence electrons. The van der Waals surface area contributed by atoms with E-state index < -0.39 is 0 Å². The predicted octanol–water partition coefficient (Wildman–Crippen LogP) is 4.34. The smallest absolute Gasteiger partial charge is 0.225 e. The van der Waals surface area contributed by atoms with Crippen molar-refractivity contribution in [2.75, 3.05) is 23.7 Å². The molecule has 0 aliphatic carbocycles. The maximum atomic E-state index is 4.62. The maximum absolute atomic E-state index is 4.62. The van der Waals surface area contributed by atoms with Crippen molar-refractivity contribution in [3.05, 3.63) is 49.1 Å². The van der Waals surface area contributed by atoms with E-state index in [0.29, 0.717) is 12.5 Å². The lowest BCUT2D eigenvalue weighted by Crippen LogP contribution is -2.09. The Morgan fingerprint density at radius 2 is 1.91 bits per heavy atom. The second-order valence-electron chi connectivity index (χ2n) is 5.13. The quantitative estimate of drug-likeness (QED) is 0.534. The second-order valence-corrected chi connectivity index (χ2v) is 5.13. The van der Waals surface area contributed by atoms with Gasteiger partial charge >= 0.3 is 0 Å². The Labute approximate surface area is 132 Å². The van der Waals surface area contributed by atoms with Crippen LogP contribution in [-0.4, -0.2) is 23.1 Å². The Kier molecular flexibility index (Phi) is 6.42. The van der Waals surface area contributed by atoms with Crippen LogP contribution in [0.1, 0.15) is 26.2 Å². The van der Waals surface area contributed by atoms with Gasteiger partial charge in [-0.05, 0) is 6.42 Å². The third-order valence-electron chi connectivity index (χ3n) is 3.29. The van der Waals surface area contributed by atoms with Crippen molar-refractivity contribution in [1.29, 1.82) is 0 Å². The normalized spacial score (nSPS) is 10.2.